The molecule has 4 heteroatoms. The van der Waals surface area contributed by atoms with E-state index in [4.69, 9.17) is 11.6 Å². The van der Waals surface area contributed by atoms with Crippen LogP contribution in [0.3, 0.4) is 0 Å². The van der Waals surface area contributed by atoms with E-state index < -0.39 is 0 Å². The number of anilines is 2. The Bertz CT molecular complexity index is 599. The van der Waals surface area contributed by atoms with E-state index in [0.717, 1.165) is 11.4 Å². The number of halogens is 1. The Morgan fingerprint density at radius 1 is 1.20 bits per heavy atom. The molecule has 2 aromatic carbocycles. The standard InChI is InChI=1S/C16H17ClN2O/c1-3-19(13-7-5-4-6-8-13)16(20)14-11-12(17)9-10-15(14)18-2/h4-11,18H,3H2,1-2H3. The van der Waals surface area contributed by atoms with Gasteiger partial charge in [-0.1, -0.05) is 29.8 Å². The van der Waals surface area contributed by atoms with Crippen LogP contribution < -0.4 is 10.2 Å². The van der Waals surface area contributed by atoms with Crippen molar-refractivity contribution in [2.45, 2.75) is 6.92 Å². The summed E-state index contributed by atoms with van der Waals surface area (Å²) in [6.07, 6.45) is 0. The fourth-order valence-electron chi connectivity index (χ4n) is 2.11. The molecule has 20 heavy (non-hydrogen) atoms. The normalized spacial score (nSPS) is 10.2. The van der Waals surface area contributed by atoms with Crippen LogP contribution in [0.5, 0.6) is 0 Å². The third-order valence-corrected chi connectivity index (χ3v) is 3.35. The van der Waals surface area contributed by atoms with Gasteiger partial charge in [-0.15, -0.1) is 0 Å². The first-order valence-electron chi connectivity index (χ1n) is 6.51. The Hall–Kier alpha value is -2.00. The van der Waals surface area contributed by atoms with Crippen LogP contribution in [-0.4, -0.2) is 19.5 Å². The molecule has 0 atom stereocenters. The highest BCUT2D eigenvalue weighted by Gasteiger charge is 2.19. The monoisotopic (exact) mass is 288 g/mol. The van der Waals surface area contributed by atoms with Crippen LogP contribution in [0.1, 0.15) is 17.3 Å². The van der Waals surface area contributed by atoms with E-state index in [0.29, 0.717) is 17.1 Å². The van der Waals surface area contributed by atoms with Crippen LogP contribution in [0.2, 0.25) is 5.02 Å². The Morgan fingerprint density at radius 3 is 2.50 bits per heavy atom. The minimum Gasteiger partial charge on any atom is -0.387 e. The summed E-state index contributed by atoms with van der Waals surface area (Å²) in [7, 11) is 1.79. The van der Waals surface area contributed by atoms with Gasteiger partial charge in [0.25, 0.3) is 5.91 Å². The molecule has 0 unspecified atom stereocenters. The Labute approximate surface area is 124 Å². The molecule has 2 aromatic rings. The molecule has 0 aliphatic carbocycles. The number of carbonyl (C=O) groups is 1. The van der Waals surface area contributed by atoms with E-state index in [-0.39, 0.29) is 5.91 Å². The van der Waals surface area contributed by atoms with E-state index in [1.807, 2.05) is 43.3 Å². The lowest BCUT2D eigenvalue weighted by Crippen LogP contribution is -2.31. The van der Waals surface area contributed by atoms with Crippen LogP contribution in [0.4, 0.5) is 11.4 Å². The summed E-state index contributed by atoms with van der Waals surface area (Å²) in [5.74, 6) is -0.0643. The Kier molecular flexibility index (Phi) is 4.64. The molecule has 0 saturated heterocycles. The van der Waals surface area contributed by atoms with Gasteiger partial charge in [-0.3, -0.25) is 4.79 Å². The number of hydrogen-bond donors (Lipinski definition) is 1. The molecule has 3 nitrogen and oxygen atoms in total. The molecule has 1 amide bonds. The molecule has 0 aliphatic rings. The van der Waals surface area contributed by atoms with E-state index in [2.05, 4.69) is 5.32 Å². The zero-order chi connectivity index (χ0) is 14.5. The summed E-state index contributed by atoms with van der Waals surface area (Å²) in [5, 5.41) is 3.58. The molecular weight excluding hydrogens is 272 g/mol. The molecule has 0 heterocycles. The number of nitrogens with zero attached hydrogens (tertiary/aromatic N) is 1. The van der Waals surface area contributed by atoms with E-state index in [9.17, 15) is 4.79 Å². The van der Waals surface area contributed by atoms with Gasteiger partial charge in [-0.25, -0.2) is 0 Å². The van der Waals surface area contributed by atoms with Crippen molar-refractivity contribution in [1.29, 1.82) is 0 Å². The molecule has 0 fully saturated rings. The molecule has 104 valence electrons. The summed E-state index contributed by atoms with van der Waals surface area (Å²) in [4.78, 5) is 14.5. The van der Waals surface area contributed by atoms with Crippen molar-refractivity contribution in [1.82, 2.24) is 0 Å². The zero-order valence-electron chi connectivity index (χ0n) is 11.6. The second-order valence-electron chi connectivity index (χ2n) is 4.32. The van der Waals surface area contributed by atoms with Crippen molar-refractivity contribution in [3.8, 4) is 0 Å². The molecule has 0 radical (unpaired) electrons. The number of para-hydroxylation sites is 1. The largest absolute Gasteiger partial charge is 0.387 e. The summed E-state index contributed by atoms with van der Waals surface area (Å²) in [6, 6.07) is 14.9. The molecular formula is C16H17ClN2O. The van der Waals surface area contributed by atoms with Crippen molar-refractivity contribution in [3.05, 3.63) is 59.1 Å². The minimum atomic E-state index is -0.0643. The van der Waals surface area contributed by atoms with Gasteiger partial charge in [0, 0.05) is 30.0 Å². The summed E-state index contributed by atoms with van der Waals surface area (Å²) in [5.41, 5.74) is 2.22. The smallest absolute Gasteiger partial charge is 0.260 e. The predicted molar refractivity (Wildman–Crippen MR) is 84.8 cm³/mol. The van der Waals surface area contributed by atoms with Crippen LogP contribution in [0.15, 0.2) is 48.5 Å². The number of rotatable bonds is 4. The molecule has 0 saturated carbocycles. The van der Waals surface area contributed by atoms with Crippen molar-refractivity contribution in [3.63, 3.8) is 0 Å². The third-order valence-electron chi connectivity index (χ3n) is 3.11. The quantitative estimate of drug-likeness (QED) is 0.920. The van der Waals surface area contributed by atoms with Gasteiger partial charge in [0.15, 0.2) is 0 Å². The summed E-state index contributed by atoms with van der Waals surface area (Å²) < 4.78 is 0. The third kappa shape index (κ3) is 2.94. The van der Waals surface area contributed by atoms with E-state index in [1.54, 1.807) is 24.1 Å². The number of benzene rings is 2. The second kappa shape index (κ2) is 6.44. The van der Waals surface area contributed by atoms with Gasteiger partial charge in [-0.05, 0) is 37.3 Å². The lowest BCUT2D eigenvalue weighted by Gasteiger charge is -2.22. The molecule has 0 aromatic heterocycles. The Morgan fingerprint density at radius 2 is 1.90 bits per heavy atom. The van der Waals surface area contributed by atoms with Crippen LogP contribution in [0, 0.1) is 0 Å². The van der Waals surface area contributed by atoms with Crippen molar-refractivity contribution in [2.75, 3.05) is 23.8 Å². The molecule has 0 aliphatic heterocycles. The average molecular weight is 289 g/mol. The van der Waals surface area contributed by atoms with Gasteiger partial charge in [-0.2, -0.15) is 0 Å². The minimum absolute atomic E-state index is 0.0643. The summed E-state index contributed by atoms with van der Waals surface area (Å²) in [6.45, 7) is 2.55. The first-order valence-corrected chi connectivity index (χ1v) is 6.89. The van der Waals surface area contributed by atoms with Gasteiger partial charge < -0.3 is 10.2 Å². The van der Waals surface area contributed by atoms with Crippen LogP contribution >= 0.6 is 11.6 Å². The Balaban J connectivity index is 2.41. The van der Waals surface area contributed by atoms with Crippen molar-refractivity contribution < 1.29 is 4.79 Å². The number of amides is 1. The topological polar surface area (TPSA) is 32.3 Å². The van der Waals surface area contributed by atoms with E-state index >= 15 is 0 Å². The fourth-order valence-corrected chi connectivity index (χ4v) is 2.28. The number of carbonyl (C=O) groups excluding carboxylic acids is 1. The molecule has 1 N–H and O–H groups in total. The average Bonchev–Trinajstić information content (AvgIpc) is 2.49. The SMILES string of the molecule is CCN(C(=O)c1cc(Cl)ccc1NC)c1ccccc1. The fraction of sp³-hybridized carbons (Fsp3) is 0.188. The molecule has 2 rings (SSSR count). The maximum atomic E-state index is 12.7. The van der Waals surface area contributed by atoms with E-state index in [1.165, 1.54) is 0 Å². The lowest BCUT2D eigenvalue weighted by atomic mass is 10.1. The zero-order valence-corrected chi connectivity index (χ0v) is 12.3. The van der Waals surface area contributed by atoms with Gasteiger partial charge in [0.1, 0.15) is 0 Å². The van der Waals surface area contributed by atoms with Crippen molar-refractivity contribution >= 4 is 28.9 Å². The van der Waals surface area contributed by atoms with Gasteiger partial charge >= 0.3 is 0 Å². The van der Waals surface area contributed by atoms with Gasteiger partial charge in [0.05, 0.1) is 5.56 Å². The highest BCUT2D eigenvalue weighted by atomic mass is 35.5. The predicted octanol–water partition coefficient (Wildman–Crippen LogP) is 4.05. The van der Waals surface area contributed by atoms with Crippen LogP contribution in [0.25, 0.3) is 0 Å². The summed E-state index contributed by atoms with van der Waals surface area (Å²) >= 11 is 6.01. The highest BCUT2D eigenvalue weighted by Crippen LogP contribution is 2.24. The first-order chi connectivity index (χ1) is 9.67. The highest BCUT2D eigenvalue weighted by molar-refractivity contribution is 6.31. The maximum absolute atomic E-state index is 12.7. The first kappa shape index (κ1) is 14.4. The van der Waals surface area contributed by atoms with Crippen molar-refractivity contribution in [2.24, 2.45) is 0 Å². The maximum Gasteiger partial charge on any atom is 0.260 e. The van der Waals surface area contributed by atoms with Crippen LogP contribution in [-0.2, 0) is 0 Å². The van der Waals surface area contributed by atoms with Gasteiger partial charge in [0.2, 0.25) is 0 Å². The number of hydrogen-bond acceptors (Lipinski definition) is 2. The molecule has 0 spiro atoms. The molecule has 0 bridgehead atoms. The number of nitrogens with one attached hydrogen (secondary N) is 1. The second-order valence-corrected chi connectivity index (χ2v) is 4.76. The lowest BCUT2D eigenvalue weighted by molar-refractivity contribution is 0.0989.